The van der Waals surface area contributed by atoms with Gasteiger partial charge in [-0.1, -0.05) is 17.7 Å². The quantitative estimate of drug-likeness (QED) is 0.601. The van der Waals surface area contributed by atoms with Gasteiger partial charge in [-0.05, 0) is 37.6 Å². The van der Waals surface area contributed by atoms with Gasteiger partial charge in [0.05, 0.1) is 14.2 Å². The van der Waals surface area contributed by atoms with Crippen molar-refractivity contribution in [3.63, 3.8) is 0 Å². The summed E-state index contributed by atoms with van der Waals surface area (Å²) in [5.74, 6) is 0.0404. The number of aryl methyl sites for hydroxylation is 2. The Kier molecular flexibility index (Phi) is 5.58. The highest BCUT2D eigenvalue weighted by Gasteiger charge is 2.17. The molecule has 0 saturated carbocycles. The van der Waals surface area contributed by atoms with Gasteiger partial charge in [-0.2, -0.15) is 0 Å². The van der Waals surface area contributed by atoms with Gasteiger partial charge in [-0.3, -0.25) is 4.79 Å². The smallest absolute Gasteiger partial charge is 0.342 e. The summed E-state index contributed by atoms with van der Waals surface area (Å²) in [6.45, 7) is 3.43. The van der Waals surface area contributed by atoms with Gasteiger partial charge in [0.15, 0.2) is 6.61 Å². The van der Waals surface area contributed by atoms with Crippen molar-refractivity contribution in [3.8, 4) is 11.5 Å². The van der Waals surface area contributed by atoms with E-state index >= 15 is 0 Å². The van der Waals surface area contributed by atoms with Crippen molar-refractivity contribution >= 4 is 11.8 Å². The summed E-state index contributed by atoms with van der Waals surface area (Å²) in [5.41, 5.74) is 2.63. The summed E-state index contributed by atoms with van der Waals surface area (Å²) in [4.78, 5) is 24.5. The molecule has 0 atom stereocenters. The van der Waals surface area contributed by atoms with Crippen molar-refractivity contribution in [3.05, 3.63) is 58.7 Å². The first-order chi connectivity index (χ1) is 11.5. The zero-order valence-electron chi connectivity index (χ0n) is 14.2. The van der Waals surface area contributed by atoms with Crippen LogP contribution in [-0.2, 0) is 4.74 Å². The van der Waals surface area contributed by atoms with Crippen LogP contribution in [0.15, 0.2) is 36.4 Å². The Labute approximate surface area is 141 Å². The second-order valence-electron chi connectivity index (χ2n) is 5.38. The molecule has 0 fully saturated rings. The SMILES string of the molecule is COc1ccc(C(=O)OCC(=O)c2cc(C)ccc2C)c(OC)c1. The first kappa shape index (κ1) is 17.5. The van der Waals surface area contributed by atoms with Crippen LogP contribution in [0.2, 0.25) is 0 Å². The second-order valence-corrected chi connectivity index (χ2v) is 5.38. The number of benzene rings is 2. The number of rotatable bonds is 6. The van der Waals surface area contributed by atoms with E-state index in [2.05, 4.69) is 0 Å². The normalized spacial score (nSPS) is 10.2. The minimum atomic E-state index is -0.617. The molecule has 2 aromatic carbocycles. The minimum absolute atomic E-state index is 0.239. The number of methoxy groups -OCH3 is 2. The van der Waals surface area contributed by atoms with E-state index in [0.29, 0.717) is 17.1 Å². The average molecular weight is 328 g/mol. The van der Waals surface area contributed by atoms with Crippen molar-refractivity contribution in [1.82, 2.24) is 0 Å². The largest absolute Gasteiger partial charge is 0.497 e. The molecular weight excluding hydrogens is 308 g/mol. The van der Waals surface area contributed by atoms with E-state index in [0.717, 1.165) is 11.1 Å². The lowest BCUT2D eigenvalue weighted by molar-refractivity contribution is 0.0471. The molecule has 0 heterocycles. The highest BCUT2D eigenvalue weighted by molar-refractivity contribution is 6.01. The topological polar surface area (TPSA) is 61.8 Å². The Morgan fingerprint density at radius 1 is 0.917 bits per heavy atom. The zero-order chi connectivity index (χ0) is 17.7. The standard InChI is InChI=1S/C19H20O5/c1-12-5-6-13(2)16(9-12)17(20)11-24-19(21)15-8-7-14(22-3)10-18(15)23-4/h5-10H,11H2,1-4H3. The molecule has 126 valence electrons. The Balaban J connectivity index is 2.10. The van der Waals surface area contributed by atoms with E-state index in [4.69, 9.17) is 14.2 Å². The van der Waals surface area contributed by atoms with Crippen molar-refractivity contribution < 1.29 is 23.8 Å². The fraction of sp³-hybridized carbons (Fsp3) is 0.263. The van der Waals surface area contributed by atoms with Crippen LogP contribution in [0.1, 0.15) is 31.8 Å². The van der Waals surface area contributed by atoms with E-state index in [1.54, 1.807) is 24.3 Å². The number of Topliss-reactive ketones (excluding diaryl/α,β-unsaturated/α-hetero) is 1. The molecule has 5 nitrogen and oxygen atoms in total. The molecule has 0 N–H and O–H groups in total. The number of esters is 1. The van der Waals surface area contributed by atoms with Crippen LogP contribution in [0, 0.1) is 13.8 Å². The molecule has 0 aromatic heterocycles. The van der Waals surface area contributed by atoms with E-state index in [9.17, 15) is 9.59 Å². The van der Waals surface area contributed by atoms with Crippen molar-refractivity contribution in [2.24, 2.45) is 0 Å². The van der Waals surface area contributed by atoms with E-state index in [1.165, 1.54) is 14.2 Å². The monoisotopic (exact) mass is 328 g/mol. The highest BCUT2D eigenvalue weighted by Crippen LogP contribution is 2.25. The van der Waals surface area contributed by atoms with E-state index < -0.39 is 5.97 Å². The molecule has 0 radical (unpaired) electrons. The van der Waals surface area contributed by atoms with Gasteiger partial charge in [0, 0.05) is 11.6 Å². The molecule has 24 heavy (non-hydrogen) atoms. The van der Waals surface area contributed by atoms with Gasteiger partial charge in [0.25, 0.3) is 0 Å². The van der Waals surface area contributed by atoms with Crippen LogP contribution >= 0.6 is 0 Å². The predicted molar refractivity (Wildman–Crippen MR) is 90.1 cm³/mol. The maximum absolute atomic E-state index is 12.3. The van der Waals surface area contributed by atoms with Crippen LogP contribution in [0.25, 0.3) is 0 Å². The Morgan fingerprint density at radius 3 is 2.33 bits per heavy atom. The van der Waals surface area contributed by atoms with Gasteiger partial charge < -0.3 is 14.2 Å². The number of ether oxygens (including phenoxy) is 3. The molecule has 5 heteroatoms. The third-order valence-corrected chi connectivity index (χ3v) is 3.66. The van der Waals surface area contributed by atoms with Gasteiger partial charge in [0.1, 0.15) is 17.1 Å². The van der Waals surface area contributed by atoms with Crippen LogP contribution < -0.4 is 9.47 Å². The lowest BCUT2D eigenvalue weighted by atomic mass is 10.0. The first-order valence-electron chi connectivity index (χ1n) is 7.46. The zero-order valence-corrected chi connectivity index (χ0v) is 14.2. The summed E-state index contributed by atoms with van der Waals surface area (Å²) < 4.78 is 15.4. The fourth-order valence-corrected chi connectivity index (χ4v) is 2.29. The van der Waals surface area contributed by atoms with Crippen molar-refractivity contribution in [1.29, 1.82) is 0 Å². The fourth-order valence-electron chi connectivity index (χ4n) is 2.29. The van der Waals surface area contributed by atoms with Gasteiger partial charge in [-0.15, -0.1) is 0 Å². The molecule has 0 amide bonds. The number of carbonyl (C=O) groups excluding carboxylic acids is 2. The maximum atomic E-state index is 12.3. The molecule has 0 aliphatic rings. The molecular formula is C19H20O5. The summed E-state index contributed by atoms with van der Waals surface area (Å²) >= 11 is 0. The molecule has 2 aromatic rings. The number of hydrogen-bond acceptors (Lipinski definition) is 5. The molecule has 0 bridgehead atoms. The molecule has 0 aliphatic heterocycles. The third kappa shape index (κ3) is 3.93. The summed E-state index contributed by atoms with van der Waals surface area (Å²) in [6, 6.07) is 10.4. The maximum Gasteiger partial charge on any atom is 0.342 e. The minimum Gasteiger partial charge on any atom is -0.497 e. The molecule has 0 aliphatic carbocycles. The second kappa shape index (κ2) is 7.64. The van der Waals surface area contributed by atoms with E-state index in [-0.39, 0.29) is 18.0 Å². The lowest BCUT2D eigenvalue weighted by Crippen LogP contribution is -2.16. The van der Waals surface area contributed by atoms with Gasteiger partial charge >= 0.3 is 5.97 Å². The number of carbonyl (C=O) groups is 2. The molecule has 0 saturated heterocycles. The average Bonchev–Trinajstić information content (AvgIpc) is 2.60. The number of hydrogen-bond donors (Lipinski definition) is 0. The lowest BCUT2D eigenvalue weighted by Gasteiger charge is -2.11. The van der Waals surface area contributed by atoms with Gasteiger partial charge in [-0.25, -0.2) is 4.79 Å². The predicted octanol–water partition coefficient (Wildman–Crippen LogP) is 3.36. The molecule has 0 unspecified atom stereocenters. The Bertz CT molecular complexity index is 764. The Hall–Kier alpha value is -2.82. The van der Waals surface area contributed by atoms with E-state index in [1.807, 2.05) is 26.0 Å². The summed E-state index contributed by atoms with van der Waals surface area (Å²) in [6.07, 6.45) is 0. The molecule has 2 rings (SSSR count). The van der Waals surface area contributed by atoms with Crippen molar-refractivity contribution in [2.75, 3.05) is 20.8 Å². The third-order valence-electron chi connectivity index (χ3n) is 3.66. The summed E-state index contributed by atoms with van der Waals surface area (Å²) in [7, 11) is 2.97. The van der Waals surface area contributed by atoms with Gasteiger partial charge in [0.2, 0.25) is 5.78 Å². The van der Waals surface area contributed by atoms with Crippen LogP contribution in [-0.4, -0.2) is 32.6 Å². The highest BCUT2D eigenvalue weighted by atomic mass is 16.5. The molecule has 0 spiro atoms. The Morgan fingerprint density at radius 2 is 1.67 bits per heavy atom. The number of ketones is 1. The first-order valence-corrected chi connectivity index (χ1v) is 7.46. The van der Waals surface area contributed by atoms with Crippen LogP contribution in [0.4, 0.5) is 0 Å². The summed E-state index contributed by atoms with van der Waals surface area (Å²) in [5, 5.41) is 0. The van der Waals surface area contributed by atoms with Crippen molar-refractivity contribution in [2.45, 2.75) is 13.8 Å². The van der Waals surface area contributed by atoms with Crippen LogP contribution in [0.3, 0.4) is 0 Å². The van der Waals surface area contributed by atoms with Crippen LogP contribution in [0.5, 0.6) is 11.5 Å².